The monoisotopic (exact) mass is 627 g/mol. The smallest absolute Gasteiger partial charge is 0.144 e. The predicted molar refractivity (Wildman–Crippen MR) is 204 cm³/mol. The molecule has 10 aromatic rings. The number of furan rings is 2. The Morgan fingerprint density at radius 1 is 0.347 bits per heavy atom. The van der Waals surface area contributed by atoms with Crippen LogP contribution in [0.1, 0.15) is 0 Å². The second-order valence-corrected chi connectivity index (χ2v) is 12.5. The Morgan fingerprint density at radius 2 is 0.959 bits per heavy atom. The van der Waals surface area contributed by atoms with Gasteiger partial charge in [0, 0.05) is 44.2 Å². The summed E-state index contributed by atoms with van der Waals surface area (Å²) < 4.78 is 13.3. The Bertz CT molecular complexity index is 2810. The fourth-order valence-electron chi connectivity index (χ4n) is 7.32. The van der Waals surface area contributed by atoms with Gasteiger partial charge in [0.15, 0.2) is 0 Å². The summed E-state index contributed by atoms with van der Waals surface area (Å²) in [5.74, 6) is 0. The largest absolute Gasteiger partial charge is 0.456 e. The van der Waals surface area contributed by atoms with Gasteiger partial charge in [-0.15, -0.1) is 0 Å². The van der Waals surface area contributed by atoms with Crippen molar-refractivity contribution < 1.29 is 8.83 Å². The SMILES string of the molecule is c1ccc(-c2ccc(N(c3ccc4ccccc4c3)c3ccc4oc5c(-c6ccccc6)c6c(cc5c4c3)oc3ccccc36)cc2)cc1. The predicted octanol–water partition coefficient (Wildman–Crippen LogP) is 13.4. The molecular formula is C46H29NO2. The first-order valence-electron chi connectivity index (χ1n) is 16.6. The van der Waals surface area contributed by atoms with Crippen LogP contribution in [0.3, 0.4) is 0 Å². The fraction of sp³-hybridized carbons (Fsp3) is 0. The maximum absolute atomic E-state index is 6.77. The highest BCUT2D eigenvalue weighted by atomic mass is 16.3. The van der Waals surface area contributed by atoms with Crippen molar-refractivity contribution in [3.8, 4) is 22.3 Å². The van der Waals surface area contributed by atoms with Gasteiger partial charge >= 0.3 is 0 Å². The number of para-hydroxylation sites is 1. The van der Waals surface area contributed by atoms with E-state index in [1.165, 1.54) is 21.9 Å². The van der Waals surface area contributed by atoms with Crippen LogP contribution in [0.15, 0.2) is 185 Å². The second-order valence-electron chi connectivity index (χ2n) is 12.5. The van der Waals surface area contributed by atoms with E-state index in [-0.39, 0.29) is 0 Å². The third-order valence-electron chi connectivity index (χ3n) is 9.63. The van der Waals surface area contributed by atoms with Crippen molar-refractivity contribution in [1.82, 2.24) is 0 Å². The van der Waals surface area contributed by atoms with E-state index in [0.29, 0.717) is 0 Å². The van der Waals surface area contributed by atoms with Crippen LogP contribution in [0.4, 0.5) is 17.1 Å². The molecule has 49 heavy (non-hydrogen) atoms. The average molecular weight is 628 g/mol. The van der Waals surface area contributed by atoms with E-state index in [1.54, 1.807) is 0 Å². The van der Waals surface area contributed by atoms with Crippen molar-refractivity contribution in [3.05, 3.63) is 176 Å². The van der Waals surface area contributed by atoms with E-state index < -0.39 is 0 Å². The van der Waals surface area contributed by atoms with Crippen LogP contribution in [0.25, 0.3) is 76.9 Å². The Hall–Kier alpha value is -6.58. The summed E-state index contributed by atoms with van der Waals surface area (Å²) in [6, 6.07) is 61.9. The number of anilines is 3. The second kappa shape index (κ2) is 11.0. The number of nitrogens with zero attached hydrogens (tertiary/aromatic N) is 1. The molecule has 3 nitrogen and oxygen atoms in total. The first-order valence-corrected chi connectivity index (χ1v) is 16.6. The number of rotatable bonds is 5. The highest BCUT2D eigenvalue weighted by Gasteiger charge is 2.22. The Balaban J connectivity index is 1.21. The lowest BCUT2D eigenvalue weighted by molar-refractivity contribution is 0.664. The number of fused-ring (bicyclic) bond motifs is 7. The molecule has 0 aliphatic carbocycles. The summed E-state index contributed by atoms with van der Waals surface area (Å²) in [5.41, 5.74) is 11.2. The molecule has 0 aliphatic rings. The van der Waals surface area contributed by atoms with E-state index in [4.69, 9.17) is 8.83 Å². The first kappa shape index (κ1) is 27.5. The van der Waals surface area contributed by atoms with Crippen molar-refractivity contribution >= 4 is 71.7 Å². The van der Waals surface area contributed by atoms with Gasteiger partial charge in [-0.3, -0.25) is 0 Å². The lowest BCUT2D eigenvalue weighted by atomic mass is 9.96. The van der Waals surface area contributed by atoms with Crippen LogP contribution >= 0.6 is 0 Å². The van der Waals surface area contributed by atoms with Crippen molar-refractivity contribution in [1.29, 1.82) is 0 Å². The number of benzene rings is 8. The van der Waals surface area contributed by atoms with Crippen molar-refractivity contribution in [3.63, 3.8) is 0 Å². The van der Waals surface area contributed by atoms with Gasteiger partial charge in [-0.1, -0.05) is 121 Å². The molecule has 2 aromatic heterocycles. The zero-order valence-corrected chi connectivity index (χ0v) is 26.5. The lowest BCUT2D eigenvalue weighted by Gasteiger charge is -2.26. The fourth-order valence-corrected chi connectivity index (χ4v) is 7.32. The maximum atomic E-state index is 6.77. The van der Waals surface area contributed by atoms with Crippen LogP contribution < -0.4 is 4.90 Å². The van der Waals surface area contributed by atoms with E-state index in [0.717, 1.165) is 72.1 Å². The molecule has 0 bridgehead atoms. The van der Waals surface area contributed by atoms with E-state index in [9.17, 15) is 0 Å². The quantitative estimate of drug-likeness (QED) is 0.190. The minimum Gasteiger partial charge on any atom is -0.456 e. The van der Waals surface area contributed by atoms with Gasteiger partial charge < -0.3 is 13.7 Å². The summed E-state index contributed by atoms with van der Waals surface area (Å²) in [4.78, 5) is 2.33. The molecule has 0 radical (unpaired) electrons. The molecule has 2 heterocycles. The summed E-state index contributed by atoms with van der Waals surface area (Å²) in [6.07, 6.45) is 0. The molecule has 230 valence electrons. The van der Waals surface area contributed by atoms with Gasteiger partial charge in [0.1, 0.15) is 22.3 Å². The third-order valence-corrected chi connectivity index (χ3v) is 9.63. The van der Waals surface area contributed by atoms with E-state index in [2.05, 4.69) is 163 Å². The van der Waals surface area contributed by atoms with Gasteiger partial charge in [0.05, 0.1) is 0 Å². The molecule has 8 aromatic carbocycles. The van der Waals surface area contributed by atoms with Gasteiger partial charge in [0.2, 0.25) is 0 Å². The van der Waals surface area contributed by atoms with Crippen LogP contribution in [0, 0.1) is 0 Å². The van der Waals surface area contributed by atoms with Gasteiger partial charge in [-0.05, 0) is 82.1 Å². The van der Waals surface area contributed by atoms with E-state index >= 15 is 0 Å². The van der Waals surface area contributed by atoms with Gasteiger partial charge in [0.25, 0.3) is 0 Å². The van der Waals surface area contributed by atoms with Crippen LogP contribution in [-0.4, -0.2) is 0 Å². The molecule has 0 N–H and O–H groups in total. The van der Waals surface area contributed by atoms with Crippen LogP contribution in [0.5, 0.6) is 0 Å². The molecule has 0 aliphatic heterocycles. The minimum atomic E-state index is 0.839. The zero-order chi connectivity index (χ0) is 32.3. The normalized spacial score (nSPS) is 11.7. The molecule has 0 saturated carbocycles. The standard InChI is InChI=1S/C46H29NO2/c1-3-11-30(12-4-1)32-19-22-35(23-20-32)47(36-24-21-31-13-7-8-16-34(31)27-36)37-25-26-42-39(28-37)40-29-43-45(38-17-9-10-18-41(38)48-43)44(46(40)49-42)33-14-5-2-6-15-33/h1-29H. The first-order chi connectivity index (χ1) is 24.3. The number of hydrogen-bond acceptors (Lipinski definition) is 3. The van der Waals surface area contributed by atoms with Crippen LogP contribution in [-0.2, 0) is 0 Å². The molecule has 3 heteroatoms. The summed E-state index contributed by atoms with van der Waals surface area (Å²) in [7, 11) is 0. The van der Waals surface area contributed by atoms with Crippen LogP contribution in [0.2, 0.25) is 0 Å². The molecule has 0 spiro atoms. The van der Waals surface area contributed by atoms with Gasteiger partial charge in [-0.2, -0.15) is 0 Å². The summed E-state index contributed by atoms with van der Waals surface area (Å²) in [6.45, 7) is 0. The molecule has 0 unspecified atom stereocenters. The molecule has 10 rings (SSSR count). The molecule has 0 atom stereocenters. The topological polar surface area (TPSA) is 29.5 Å². The minimum absolute atomic E-state index is 0.839. The maximum Gasteiger partial charge on any atom is 0.144 e. The molecule has 0 saturated heterocycles. The van der Waals surface area contributed by atoms with Gasteiger partial charge in [-0.25, -0.2) is 0 Å². The average Bonchev–Trinajstić information content (AvgIpc) is 3.72. The zero-order valence-electron chi connectivity index (χ0n) is 26.5. The summed E-state index contributed by atoms with van der Waals surface area (Å²) >= 11 is 0. The molecular weight excluding hydrogens is 599 g/mol. The van der Waals surface area contributed by atoms with Crippen molar-refractivity contribution in [2.24, 2.45) is 0 Å². The van der Waals surface area contributed by atoms with Crippen molar-refractivity contribution in [2.75, 3.05) is 4.90 Å². The van der Waals surface area contributed by atoms with E-state index in [1.807, 2.05) is 18.2 Å². The highest BCUT2D eigenvalue weighted by molar-refractivity contribution is 6.23. The number of hydrogen-bond donors (Lipinski definition) is 0. The molecule has 0 amide bonds. The Labute approximate surface area is 282 Å². The lowest BCUT2D eigenvalue weighted by Crippen LogP contribution is -2.09. The third kappa shape index (κ3) is 4.51. The highest BCUT2D eigenvalue weighted by Crippen LogP contribution is 2.46. The summed E-state index contributed by atoms with van der Waals surface area (Å²) in [5, 5.41) is 6.63. The molecule has 0 fully saturated rings. The van der Waals surface area contributed by atoms with Crippen molar-refractivity contribution in [2.45, 2.75) is 0 Å². The Kier molecular flexibility index (Phi) is 6.18. The Morgan fingerprint density at radius 3 is 1.78 bits per heavy atom.